The molecule has 1 aromatic rings. The van der Waals surface area contributed by atoms with E-state index >= 15 is 37.1 Å². The maximum absolute atomic E-state index is 15.4. The molecule has 25 nitrogen and oxygen atoms in total. The topological polar surface area (TPSA) is 273 Å². The van der Waals surface area contributed by atoms with E-state index in [-0.39, 0.29) is 62.5 Å². The highest BCUT2D eigenvalue weighted by Gasteiger charge is 2.50. The second-order valence-corrected chi connectivity index (χ2v) is 30.8. The molecule has 2 aliphatic carbocycles. The number of fused-ring (bicyclic) bond motifs is 1. The van der Waals surface area contributed by atoms with Gasteiger partial charge in [-0.25, -0.2) is 8.78 Å². The van der Waals surface area contributed by atoms with E-state index in [0.29, 0.717) is 43.1 Å². The summed E-state index contributed by atoms with van der Waals surface area (Å²) in [4.78, 5) is 189. The van der Waals surface area contributed by atoms with Crippen LogP contribution < -0.4 is 16.0 Å². The zero-order chi connectivity index (χ0) is 79.5. The van der Waals surface area contributed by atoms with Crippen molar-refractivity contribution >= 4 is 82.5 Å². The first-order valence-corrected chi connectivity index (χ1v) is 37.0. The molecular formula is C72H108ClF8N13O12. The number of rotatable bonds is 15. The van der Waals surface area contributed by atoms with Gasteiger partial charge in [-0.05, 0) is 99.7 Å². The number of aryl methyl sites for hydroxylation is 1. The smallest absolute Gasteiger partial charge is 0.347 e. The van der Waals surface area contributed by atoms with Crippen LogP contribution in [0.25, 0.3) is 0 Å². The van der Waals surface area contributed by atoms with Crippen LogP contribution >= 0.6 is 11.6 Å². The van der Waals surface area contributed by atoms with Crippen molar-refractivity contribution in [1.29, 1.82) is 0 Å². The van der Waals surface area contributed by atoms with E-state index < -0.39 is 224 Å². The maximum Gasteiger partial charge on any atom is 0.417 e. The van der Waals surface area contributed by atoms with Crippen LogP contribution in [0.1, 0.15) is 155 Å². The third kappa shape index (κ3) is 22.4. The fraction of sp³-hybridized carbons (Fsp3) is 0.750. The maximum atomic E-state index is 15.4. The molecule has 0 bridgehead atoms. The van der Waals surface area contributed by atoms with Gasteiger partial charge in [0.15, 0.2) is 0 Å². The number of likely N-dealkylation sites (tertiary alicyclic amines) is 1. The van der Waals surface area contributed by atoms with Gasteiger partial charge in [0, 0.05) is 76.5 Å². The molecule has 596 valence electrons. The standard InChI is InChI=1S/C72H108ClF8N13O12/c1-15-42(4)58-68(105)87(9)43(5)62(99)94-32-30-52(94)67(104)90(12)54(35-44-21-17-16-18-22-44)66(103)86(8)38-56(95)82-49(28-26-45-25-27-47(48(73)34-45)72(79,80)81)63(100)89(11)51(29-31-93-39-70(74,75)40-93)60(97)83-50(37-71(76,77)78)64(101)92(14)59(46-23-19-20-24-46)69(106)91(13)55(65(102)85(6)7)36-57(96)88(10)53(33-41(2)3)61(98)84-58/h25,27,34,41-44,46,49-55,58-59H,15-24,26,28-33,35-40H2,1-14H3,(H,82,95)(H,83,97)(H,84,98)/t42-,43-,49-,50-,51-,52-,53-,54-,55-,58-,59-/m0/s1. The molecule has 34 heteroatoms. The molecule has 106 heavy (non-hydrogen) atoms. The number of carbonyl (C=O) groups is 12. The van der Waals surface area contributed by atoms with Crippen molar-refractivity contribution in [2.24, 2.45) is 23.7 Å². The van der Waals surface area contributed by atoms with E-state index in [2.05, 4.69) is 16.0 Å². The zero-order valence-electron chi connectivity index (χ0n) is 63.4. The molecule has 0 unspecified atom stereocenters. The summed E-state index contributed by atoms with van der Waals surface area (Å²) in [6.07, 6.45) is -8.44. The molecule has 3 saturated heterocycles. The van der Waals surface area contributed by atoms with E-state index in [1.165, 1.54) is 71.0 Å². The van der Waals surface area contributed by atoms with Gasteiger partial charge in [-0.3, -0.25) is 62.4 Å². The average Bonchev–Trinajstić information content (AvgIpc) is 0.783. The van der Waals surface area contributed by atoms with Crippen LogP contribution in [0.5, 0.6) is 0 Å². The molecule has 3 N–H and O–H groups in total. The van der Waals surface area contributed by atoms with Gasteiger partial charge in [-0.1, -0.05) is 96.7 Å². The van der Waals surface area contributed by atoms with Crippen molar-refractivity contribution < 1.29 is 92.7 Å². The Hall–Kier alpha value is -7.45. The summed E-state index contributed by atoms with van der Waals surface area (Å²) in [5.41, 5.74) is -1.09. The lowest BCUT2D eigenvalue weighted by molar-refractivity contribution is -0.161. The first-order chi connectivity index (χ1) is 49.3. The summed E-state index contributed by atoms with van der Waals surface area (Å²) in [5.74, 6) is -16.2. The Balaban J connectivity index is 1.49. The van der Waals surface area contributed by atoms with Crippen LogP contribution in [0.3, 0.4) is 0 Å². The summed E-state index contributed by atoms with van der Waals surface area (Å²) in [5, 5.41) is 6.79. The van der Waals surface area contributed by atoms with Crippen molar-refractivity contribution in [3.05, 3.63) is 34.3 Å². The van der Waals surface area contributed by atoms with Crippen LogP contribution in [0.2, 0.25) is 5.02 Å². The first-order valence-electron chi connectivity index (χ1n) is 36.6. The molecular weight excluding hydrogens is 1430 g/mol. The van der Waals surface area contributed by atoms with Gasteiger partial charge in [0.2, 0.25) is 70.9 Å². The molecule has 0 radical (unpaired) electrons. The minimum Gasteiger partial charge on any atom is -0.347 e. The Labute approximate surface area is 620 Å². The number of benzene rings is 1. The summed E-state index contributed by atoms with van der Waals surface area (Å²) in [7, 11) is 11.2. The molecule has 12 amide bonds. The molecule has 1 aromatic carbocycles. The minimum absolute atomic E-state index is 0.00107. The van der Waals surface area contributed by atoms with Crippen molar-refractivity contribution in [2.45, 2.75) is 229 Å². The Kier molecular flexibility index (Phi) is 30.6. The van der Waals surface area contributed by atoms with Gasteiger partial charge >= 0.3 is 12.4 Å². The molecule has 5 aliphatic rings. The molecule has 11 atom stereocenters. The van der Waals surface area contributed by atoms with Gasteiger partial charge < -0.3 is 60.0 Å². The molecule has 2 saturated carbocycles. The van der Waals surface area contributed by atoms with Gasteiger partial charge in [0.25, 0.3) is 5.92 Å². The number of hydrogen-bond donors (Lipinski definition) is 3. The number of carbonyl (C=O) groups excluding carboxylic acids is 12. The second-order valence-electron chi connectivity index (χ2n) is 30.4. The van der Waals surface area contributed by atoms with Crippen molar-refractivity contribution in [1.82, 2.24) is 64.9 Å². The Morgan fingerprint density at radius 1 is 0.651 bits per heavy atom. The number of nitrogens with zero attached hydrogens (tertiary/aromatic N) is 10. The number of halogens is 9. The van der Waals surface area contributed by atoms with Crippen LogP contribution in [-0.4, -0.2) is 289 Å². The number of amides is 12. The number of nitrogens with one attached hydrogen (secondary N) is 3. The van der Waals surface area contributed by atoms with Gasteiger partial charge in [-0.2, -0.15) is 26.3 Å². The lowest BCUT2D eigenvalue weighted by atomic mass is 9.84. The third-order valence-electron chi connectivity index (χ3n) is 21.9. The van der Waals surface area contributed by atoms with Crippen LogP contribution in [0.15, 0.2) is 18.2 Å². The monoisotopic (exact) mass is 1530 g/mol. The van der Waals surface area contributed by atoms with Crippen LogP contribution in [0.4, 0.5) is 35.1 Å². The van der Waals surface area contributed by atoms with E-state index in [0.717, 1.165) is 74.9 Å². The highest BCUT2D eigenvalue weighted by molar-refractivity contribution is 6.31. The van der Waals surface area contributed by atoms with E-state index in [4.69, 9.17) is 11.6 Å². The van der Waals surface area contributed by atoms with Gasteiger partial charge in [0.1, 0.15) is 60.4 Å². The Morgan fingerprint density at radius 2 is 1.24 bits per heavy atom. The van der Waals surface area contributed by atoms with Gasteiger partial charge in [0.05, 0.1) is 43.1 Å². The van der Waals surface area contributed by atoms with E-state index in [9.17, 15) is 55.5 Å². The first kappa shape index (κ1) is 87.5. The highest BCUT2D eigenvalue weighted by Crippen LogP contribution is 2.38. The number of hydrogen-bond acceptors (Lipinski definition) is 13. The second kappa shape index (κ2) is 37.1. The van der Waals surface area contributed by atoms with Crippen molar-refractivity contribution in [3.8, 4) is 0 Å². The quantitative estimate of drug-likeness (QED) is 0.175. The highest BCUT2D eigenvalue weighted by atomic mass is 35.5. The fourth-order valence-corrected chi connectivity index (χ4v) is 15.2. The zero-order valence-corrected chi connectivity index (χ0v) is 64.1. The molecule has 3 aliphatic heterocycles. The SMILES string of the molecule is CC[C@H](C)[C@@H]1NC(=O)[C@H](CC(C)C)N(C)C(=O)C[C@@H](C(=O)N(C)C)N(C)C(=O)[C@H](C2CCCC2)N(C)C(=O)[C@H](CC(F)(F)F)NC(=O)[C@H](CCN2CC(F)(F)C2)N(C)C(=O)[C@H](CCc2ccc(C(F)(F)F)c(Cl)c2)NC(=O)CN(C)C(=O)[C@H](CC2CCCCC2)N(C)C(=O)[C@@H]2CCN2C(=O)[C@H](C)N(C)C1=O. The number of likely N-dealkylation sites (N-methyl/N-ethyl adjacent to an activating group) is 8. The van der Waals surface area contributed by atoms with Gasteiger partial charge in [-0.15, -0.1) is 0 Å². The van der Waals surface area contributed by atoms with E-state index in [1.807, 2.05) is 0 Å². The van der Waals surface area contributed by atoms with Crippen LogP contribution in [0, 0.1) is 23.7 Å². The summed E-state index contributed by atoms with van der Waals surface area (Å²) in [6.45, 7) is 5.68. The number of alkyl halides is 8. The minimum atomic E-state index is -5.25. The fourth-order valence-electron chi connectivity index (χ4n) is 14.9. The van der Waals surface area contributed by atoms with Crippen molar-refractivity contribution in [3.63, 3.8) is 0 Å². The van der Waals surface area contributed by atoms with Crippen LogP contribution in [-0.2, 0) is 70.1 Å². The summed E-state index contributed by atoms with van der Waals surface area (Å²) < 4.78 is 116. The average molecular weight is 1540 g/mol. The predicted octanol–water partition coefficient (Wildman–Crippen LogP) is 5.83. The Morgan fingerprint density at radius 3 is 1.77 bits per heavy atom. The lowest BCUT2D eigenvalue weighted by Gasteiger charge is -2.45. The molecule has 0 aromatic heterocycles. The largest absolute Gasteiger partial charge is 0.417 e. The third-order valence-corrected chi connectivity index (χ3v) is 22.2. The predicted molar refractivity (Wildman–Crippen MR) is 375 cm³/mol. The normalized spacial score (nSPS) is 27.5. The van der Waals surface area contributed by atoms with Crippen molar-refractivity contribution in [2.75, 3.05) is 96.2 Å². The Bertz CT molecular complexity index is 3330. The van der Waals surface area contributed by atoms with E-state index in [1.54, 1.807) is 27.7 Å². The summed E-state index contributed by atoms with van der Waals surface area (Å²) >= 11 is 6.10. The molecule has 3 heterocycles. The molecule has 5 fully saturated rings. The molecule has 0 spiro atoms. The lowest BCUT2D eigenvalue weighted by Crippen LogP contribution is -2.65. The molecule has 6 rings (SSSR count). The summed E-state index contributed by atoms with van der Waals surface area (Å²) in [6, 6.07) is -13.3.